The molecule has 1 atom stereocenters. The monoisotopic (exact) mass is 325 g/mol. The Balaban J connectivity index is 1.49. The molecule has 1 saturated heterocycles. The second-order valence-corrected chi connectivity index (χ2v) is 6.47. The van der Waals surface area contributed by atoms with Crippen molar-refractivity contribution in [2.75, 3.05) is 36.5 Å². The molecule has 1 unspecified atom stereocenters. The largest absolute Gasteiger partial charge is 0.508 e. The number of aromatic hydroxyl groups is 1. The number of phenols is 1. The zero-order valence-electron chi connectivity index (χ0n) is 13.7. The van der Waals surface area contributed by atoms with Gasteiger partial charge in [0.25, 0.3) is 0 Å². The van der Waals surface area contributed by atoms with Crippen molar-refractivity contribution >= 4 is 11.5 Å². The van der Waals surface area contributed by atoms with E-state index in [9.17, 15) is 5.11 Å². The molecule has 2 aliphatic rings. The molecule has 5 nitrogen and oxygen atoms in total. The Labute approximate surface area is 142 Å². The fourth-order valence-electron chi connectivity index (χ4n) is 3.60. The maximum Gasteiger partial charge on any atom is 0.126 e. The van der Waals surface area contributed by atoms with E-state index in [1.54, 1.807) is 6.07 Å². The van der Waals surface area contributed by atoms with Crippen LogP contribution in [0.5, 0.6) is 5.75 Å². The van der Waals surface area contributed by atoms with Gasteiger partial charge in [-0.3, -0.25) is 0 Å². The second-order valence-electron chi connectivity index (χ2n) is 6.47. The van der Waals surface area contributed by atoms with Gasteiger partial charge in [0.15, 0.2) is 0 Å². The average Bonchev–Trinajstić information content (AvgIpc) is 2.64. The van der Waals surface area contributed by atoms with Crippen LogP contribution in [0.25, 0.3) is 0 Å². The number of ether oxygens (including phenoxy) is 1. The van der Waals surface area contributed by atoms with Crippen molar-refractivity contribution in [1.82, 2.24) is 4.98 Å². The molecule has 1 aromatic heterocycles. The molecular weight excluding hydrogens is 302 g/mol. The molecule has 2 heterocycles. The fourth-order valence-corrected chi connectivity index (χ4v) is 3.60. The third-order valence-corrected chi connectivity index (χ3v) is 4.89. The predicted molar refractivity (Wildman–Crippen MR) is 94.7 cm³/mol. The summed E-state index contributed by atoms with van der Waals surface area (Å²) in [4.78, 5) is 6.89. The number of hydrogen-bond donors (Lipinski definition) is 2. The Morgan fingerprint density at radius 3 is 2.83 bits per heavy atom. The maximum atomic E-state index is 9.79. The number of pyridine rings is 1. The number of morpholine rings is 1. The first-order valence-electron chi connectivity index (χ1n) is 8.67. The van der Waals surface area contributed by atoms with Crippen molar-refractivity contribution < 1.29 is 9.84 Å². The smallest absolute Gasteiger partial charge is 0.126 e. The number of rotatable bonds is 3. The molecule has 1 aromatic carbocycles. The normalized spacial score (nSPS) is 20.5. The number of nitrogens with one attached hydrogen (secondary N) is 1. The van der Waals surface area contributed by atoms with Crippen LogP contribution < -0.4 is 10.2 Å². The van der Waals surface area contributed by atoms with Crippen molar-refractivity contribution in [2.45, 2.75) is 25.3 Å². The quantitative estimate of drug-likeness (QED) is 0.908. The zero-order valence-corrected chi connectivity index (χ0v) is 13.7. The zero-order chi connectivity index (χ0) is 16.4. The van der Waals surface area contributed by atoms with Gasteiger partial charge in [0.2, 0.25) is 0 Å². The van der Waals surface area contributed by atoms with Crippen LogP contribution in [0.3, 0.4) is 0 Å². The standard InChI is InChI=1S/C19H23N3O2/c23-16-6-4-14-2-1-3-18(17(14)12-16)21-19-7-5-15(13-20-19)22-8-10-24-11-9-22/h4-7,12-13,18,23H,1-3,8-11H2,(H,20,21). The first-order chi connectivity index (χ1) is 11.8. The molecule has 0 radical (unpaired) electrons. The minimum Gasteiger partial charge on any atom is -0.508 e. The van der Waals surface area contributed by atoms with Crippen molar-refractivity contribution in [3.05, 3.63) is 47.7 Å². The van der Waals surface area contributed by atoms with E-state index in [0.29, 0.717) is 5.75 Å². The first kappa shape index (κ1) is 15.3. The minimum absolute atomic E-state index is 0.211. The Morgan fingerprint density at radius 2 is 2.04 bits per heavy atom. The van der Waals surface area contributed by atoms with Crippen LogP contribution in [0.1, 0.15) is 30.0 Å². The van der Waals surface area contributed by atoms with E-state index in [2.05, 4.69) is 21.3 Å². The summed E-state index contributed by atoms with van der Waals surface area (Å²) in [6.07, 6.45) is 5.22. The molecule has 2 aromatic rings. The Hall–Kier alpha value is -2.27. The Bertz CT molecular complexity index is 696. The van der Waals surface area contributed by atoms with E-state index >= 15 is 0 Å². The van der Waals surface area contributed by atoms with Crippen molar-refractivity contribution in [1.29, 1.82) is 0 Å². The van der Waals surface area contributed by atoms with Crippen molar-refractivity contribution in [2.24, 2.45) is 0 Å². The molecule has 2 N–H and O–H groups in total. The van der Waals surface area contributed by atoms with Gasteiger partial charge in [-0.05, 0) is 54.7 Å². The van der Waals surface area contributed by atoms with Crippen LogP contribution in [0.4, 0.5) is 11.5 Å². The van der Waals surface area contributed by atoms with E-state index in [1.807, 2.05) is 24.4 Å². The Kier molecular flexibility index (Phi) is 4.26. The summed E-state index contributed by atoms with van der Waals surface area (Å²) < 4.78 is 5.39. The van der Waals surface area contributed by atoms with Crippen LogP contribution in [0, 0.1) is 0 Å². The molecular formula is C19H23N3O2. The van der Waals surface area contributed by atoms with Gasteiger partial charge >= 0.3 is 0 Å². The third-order valence-electron chi connectivity index (χ3n) is 4.89. The molecule has 1 aliphatic carbocycles. The lowest BCUT2D eigenvalue weighted by atomic mass is 9.87. The van der Waals surface area contributed by atoms with Gasteiger partial charge in [-0.25, -0.2) is 4.98 Å². The minimum atomic E-state index is 0.211. The number of anilines is 2. The van der Waals surface area contributed by atoms with Crippen LogP contribution in [0.15, 0.2) is 36.5 Å². The molecule has 0 bridgehead atoms. The summed E-state index contributed by atoms with van der Waals surface area (Å²) in [6, 6.07) is 10.1. The van der Waals surface area contributed by atoms with E-state index < -0.39 is 0 Å². The highest BCUT2D eigenvalue weighted by atomic mass is 16.5. The number of phenolic OH excluding ortho intramolecular Hbond substituents is 1. The topological polar surface area (TPSA) is 57.6 Å². The summed E-state index contributed by atoms with van der Waals surface area (Å²) in [5, 5.41) is 13.3. The van der Waals surface area contributed by atoms with Gasteiger partial charge in [0.05, 0.1) is 31.1 Å². The number of hydrogen-bond acceptors (Lipinski definition) is 5. The number of aryl methyl sites for hydroxylation is 1. The molecule has 24 heavy (non-hydrogen) atoms. The molecule has 126 valence electrons. The second kappa shape index (κ2) is 6.69. The summed E-state index contributed by atoms with van der Waals surface area (Å²) in [5.41, 5.74) is 3.66. The fraction of sp³-hybridized carbons (Fsp3) is 0.421. The predicted octanol–water partition coefficient (Wildman–Crippen LogP) is 3.11. The maximum absolute atomic E-state index is 9.79. The molecule has 4 rings (SSSR count). The van der Waals surface area contributed by atoms with Gasteiger partial charge in [0, 0.05) is 13.1 Å². The number of aromatic nitrogens is 1. The molecule has 1 fully saturated rings. The highest BCUT2D eigenvalue weighted by Crippen LogP contribution is 2.34. The molecule has 0 amide bonds. The number of fused-ring (bicyclic) bond motifs is 1. The van der Waals surface area contributed by atoms with Gasteiger partial charge in [-0.1, -0.05) is 6.07 Å². The van der Waals surface area contributed by atoms with E-state index in [0.717, 1.165) is 57.1 Å². The SMILES string of the molecule is Oc1ccc2c(c1)C(Nc1ccc(N3CCOCC3)cn1)CCC2. The van der Waals surface area contributed by atoms with E-state index in [4.69, 9.17) is 4.74 Å². The lowest BCUT2D eigenvalue weighted by molar-refractivity contribution is 0.122. The van der Waals surface area contributed by atoms with E-state index in [1.165, 1.54) is 11.1 Å². The van der Waals surface area contributed by atoms with Crippen LogP contribution in [-0.2, 0) is 11.2 Å². The van der Waals surface area contributed by atoms with Crippen molar-refractivity contribution in [3.63, 3.8) is 0 Å². The van der Waals surface area contributed by atoms with E-state index in [-0.39, 0.29) is 6.04 Å². The van der Waals surface area contributed by atoms with Crippen LogP contribution in [-0.4, -0.2) is 36.4 Å². The lowest BCUT2D eigenvalue weighted by Crippen LogP contribution is -2.36. The number of nitrogens with zero attached hydrogens (tertiary/aromatic N) is 2. The third kappa shape index (κ3) is 3.17. The number of benzene rings is 1. The van der Waals surface area contributed by atoms with Gasteiger partial charge < -0.3 is 20.1 Å². The molecule has 0 spiro atoms. The summed E-state index contributed by atoms with van der Waals surface area (Å²) in [6.45, 7) is 3.40. The van der Waals surface area contributed by atoms with Crippen LogP contribution >= 0.6 is 0 Å². The van der Waals surface area contributed by atoms with Gasteiger partial charge in [-0.15, -0.1) is 0 Å². The van der Waals surface area contributed by atoms with Gasteiger partial charge in [0.1, 0.15) is 11.6 Å². The lowest BCUT2D eigenvalue weighted by Gasteiger charge is -2.29. The first-order valence-corrected chi connectivity index (χ1v) is 8.67. The summed E-state index contributed by atoms with van der Waals surface area (Å²) >= 11 is 0. The highest BCUT2D eigenvalue weighted by molar-refractivity contribution is 5.51. The average molecular weight is 325 g/mol. The molecule has 1 aliphatic heterocycles. The molecule has 0 saturated carbocycles. The summed E-state index contributed by atoms with van der Waals surface area (Å²) in [5.74, 6) is 1.21. The summed E-state index contributed by atoms with van der Waals surface area (Å²) in [7, 11) is 0. The van der Waals surface area contributed by atoms with Crippen LogP contribution in [0.2, 0.25) is 0 Å². The van der Waals surface area contributed by atoms with Crippen molar-refractivity contribution in [3.8, 4) is 5.75 Å². The Morgan fingerprint density at radius 1 is 1.17 bits per heavy atom. The molecule has 5 heteroatoms. The van der Waals surface area contributed by atoms with Gasteiger partial charge in [-0.2, -0.15) is 0 Å². The highest BCUT2D eigenvalue weighted by Gasteiger charge is 2.21.